The van der Waals surface area contributed by atoms with Crippen molar-refractivity contribution in [2.75, 3.05) is 13.1 Å². The summed E-state index contributed by atoms with van der Waals surface area (Å²) >= 11 is 0. The third-order valence-corrected chi connectivity index (χ3v) is 6.50. The lowest BCUT2D eigenvalue weighted by Gasteiger charge is -2.53. The molecule has 2 aromatic rings. The number of hydrogen-bond acceptors (Lipinski definition) is 2. The summed E-state index contributed by atoms with van der Waals surface area (Å²) in [4.78, 5) is 15.0. The maximum atomic E-state index is 12.3. The molecule has 2 atom stereocenters. The molecule has 24 heavy (non-hydrogen) atoms. The van der Waals surface area contributed by atoms with Gasteiger partial charge in [0.25, 0.3) is 5.91 Å². The first-order chi connectivity index (χ1) is 11.7. The van der Waals surface area contributed by atoms with Gasteiger partial charge < -0.3 is 10.3 Å². The van der Waals surface area contributed by atoms with Gasteiger partial charge in [-0.3, -0.25) is 9.69 Å². The van der Waals surface area contributed by atoms with Crippen LogP contribution in [0, 0.1) is 5.41 Å². The second kappa shape index (κ2) is 4.73. The van der Waals surface area contributed by atoms with Gasteiger partial charge in [0.05, 0.1) is 11.6 Å². The van der Waals surface area contributed by atoms with E-state index in [0.29, 0.717) is 11.7 Å². The van der Waals surface area contributed by atoms with E-state index in [1.807, 2.05) is 0 Å². The third-order valence-electron chi connectivity index (χ3n) is 6.50. The van der Waals surface area contributed by atoms with Gasteiger partial charge in [0.15, 0.2) is 0 Å². The van der Waals surface area contributed by atoms with Gasteiger partial charge in [-0.25, -0.2) is 0 Å². The average molecular weight is 321 g/mol. The van der Waals surface area contributed by atoms with Crippen molar-refractivity contribution in [1.29, 1.82) is 0 Å². The van der Waals surface area contributed by atoms with Crippen LogP contribution in [0.25, 0.3) is 16.6 Å². The molecule has 1 aromatic heterocycles. The molecule has 0 bridgehead atoms. The van der Waals surface area contributed by atoms with Crippen molar-refractivity contribution >= 4 is 22.5 Å². The highest BCUT2D eigenvalue weighted by molar-refractivity contribution is 6.15. The predicted octanol–water partition coefficient (Wildman–Crippen LogP) is 3.07. The molecule has 0 radical (unpaired) electrons. The number of para-hydroxylation sites is 1. The van der Waals surface area contributed by atoms with Crippen molar-refractivity contribution < 1.29 is 4.79 Å². The van der Waals surface area contributed by atoms with Crippen LogP contribution in [0.2, 0.25) is 0 Å². The van der Waals surface area contributed by atoms with Gasteiger partial charge in [-0.05, 0) is 49.9 Å². The second-order valence-corrected chi connectivity index (χ2v) is 7.49. The molecule has 0 unspecified atom stereocenters. The number of rotatable bonds is 2. The van der Waals surface area contributed by atoms with E-state index in [1.54, 1.807) is 0 Å². The molecule has 1 amide bonds. The van der Waals surface area contributed by atoms with E-state index in [4.69, 9.17) is 5.73 Å². The van der Waals surface area contributed by atoms with Crippen molar-refractivity contribution in [2.24, 2.45) is 11.1 Å². The molecule has 0 saturated carbocycles. The summed E-state index contributed by atoms with van der Waals surface area (Å²) in [5, 5.41) is 1.29. The summed E-state index contributed by atoms with van der Waals surface area (Å²) in [7, 11) is 0. The minimum atomic E-state index is -0.312. The number of amides is 1. The summed E-state index contributed by atoms with van der Waals surface area (Å²) in [5.41, 5.74) is 10.4. The maximum Gasteiger partial charge on any atom is 0.265 e. The van der Waals surface area contributed by atoms with E-state index in [1.165, 1.54) is 23.1 Å². The van der Waals surface area contributed by atoms with Crippen LogP contribution in [-0.2, 0) is 11.2 Å². The summed E-state index contributed by atoms with van der Waals surface area (Å²) in [6, 6.07) is 8.85. The van der Waals surface area contributed by atoms with Crippen LogP contribution in [-0.4, -0.2) is 28.5 Å². The van der Waals surface area contributed by atoms with Crippen LogP contribution in [0.3, 0.4) is 0 Å². The fraction of sp³-hybridized carbons (Fsp3) is 0.450. The third kappa shape index (κ3) is 1.59. The largest absolute Gasteiger partial charge is 0.364 e. The Kier molecular flexibility index (Phi) is 2.82. The summed E-state index contributed by atoms with van der Waals surface area (Å²) < 4.78 is 2.17. The first-order valence-corrected chi connectivity index (χ1v) is 9.05. The molecule has 5 rings (SSSR count). The van der Waals surface area contributed by atoms with Gasteiger partial charge >= 0.3 is 0 Å². The predicted molar refractivity (Wildman–Crippen MR) is 95.4 cm³/mol. The summed E-state index contributed by atoms with van der Waals surface area (Å²) in [5.74, 6) is -0.312. The minimum Gasteiger partial charge on any atom is -0.364 e. The van der Waals surface area contributed by atoms with Crippen molar-refractivity contribution in [3.05, 3.63) is 41.6 Å². The number of carbonyl (C=O) groups excluding carboxylic acids is 1. The van der Waals surface area contributed by atoms with Crippen LogP contribution in [0.4, 0.5) is 0 Å². The Morgan fingerprint density at radius 1 is 1.33 bits per heavy atom. The molecule has 2 N–H and O–H groups in total. The smallest absolute Gasteiger partial charge is 0.265 e. The zero-order chi connectivity index (χ0) is 16.5. The molecule has 1 saturated heterocycles. The molecular formula is C20H23N3O. The Morgan fingerprint density at radius 2 is 2.17 bits per heavy atom. The molecular weight excluding hydrogens is 298 g/mol. The average Bonchev–Trinajstić information content (AvgIpc) is 2.95. The first-order valence-electron chi connectivity index (χ1n) is 9.05. The van der Waals surface area contributed by atoms with Crippen LogP contribution < -0.4 is 5.73 Å². The van der Waals surface area contributed by atoms with Gasteiger partial charge in [-0.1, -0.05) is 25.1 Å². The zero-order valence-electron chi connectivity index (χ0n) is 14.1. The van der Waals surface area contributed by atoms with Crippen molar-refractivity contribution in [3.8, 4) is 0 Å². The lowest BCUT2D eigenvalue weighted by atomic mass is 9.66. The topological polar surface area (TPSA) is 51.3 Å². The van der Waals surface area contributed by atoms with Gasteiger partial charge in [0.1, 0.15) is 5.70 Å². The highest BCUT2D eigenvalue weighted by Gasteiger charge is 2.50. The number of benzene rings is 1. The number of nitrogens with zero attached hydrogens (tertiary/aromatic N) is 2. The lowest BCUT2D eigenvalue weighted by molar-refractivity contribution is -0.113. The van der Waals surface area contributed by atoms with Crippen molar-refractivity contribution in [1.82, 2.24) is 9.47 Å². The SMILES string of the molecule is CC[C@@]12C=C(C(N)=O)n3c4c(c5ccccc53)CCN(CCC1)[C@H]42. The number of aromatic nitrogens is 1. The Morgan fingerprint density at radius 3 is 2.96 bits per heavy atom. The molecule has 1 aromatic carbocycles. The summed E-state index contributed by atoms with van der Waals surface area (Å²) in [6.07, 6.45) is 6.66. The number of hydrogen-bond donors (Lipinski definition) is 1. The number of piperidine rings is 1. The molecule has 3 aliphatic rings. The van der Waals surface area contributed by atoms with Crippen LogP contribution in [0.1, 0.15) is 43.5 Å². The van der Waals surface area contributed by atoms with E-state index in [0.717, 1.165) is 37.9 Å². The van der Waals surface area contributed by atoms with E-state index >= 15 is 0 Å². The zero-order valence-corrected chi connectivity index (χ0v) is 14.1. The number of nitrogens with two attached hydrogens (primary N) is 1. The van der Waals surface area contributed by atoms with Crippen LogP contribution >= 0.6 is 0 Å². The van der Waals surface area contributed by atoms with Gasteiger partial charge in [0.2, 0.25) is 0 Å². The molecule has 4 heteroatoms. The first kappa shape index (κ1) is 14.3. The van der Waals surface area contributed by atoms with Crippen molar-refractivity contribution in [2.45, 2.75) is 38.6 Å². The number of fused-ring (bicyclic) bond motifs is 3. The molecule has 4 nitrogen and oxygen atoms in total. The highest BCUT2D eigenvalue weighted by atomic mass is 16.1. The normalized spacial score (nSPS) is 28.5. The maximum absolute atomic E-state index is 12.3. The quantitative estimate of drug-likeness (QED) is 0.924. The summed E-state index contributed by atoms with van der Waals surface area (Å²) in [6.45, 7) is 4.53. The van der Waals surface area contributed by atoms with Crippen LogP contribution in [0.5, 0.6) is 0 Å². The Labute approximate surface area is 141 Å². The van der Waals surface area contributed by atoms with Gasteiger partial charge in [-0.2, -0.15) is 0 Å². The standard InChI is InChI=1S/C20H23N3O/c1-2-20-9-5-10-22-11-8-14-13-6-3-4-7-15(13)23(17(14)18(20)22)16(12-20)19(21)24/h3-4,6-7,12,18H,2,5,8-11H2,1H3,(H2,21,24)/t18-,20+/m1/s1. The van der Waals surface area contributed by atoms with E-state index in [-0.39, 0.29) is 11.3 Å². The fourth-order valence-corrected chi connectivity index (χ4v) is 5.46. The Bertz CT molecular complexity index is 894. The monoisotopic (exact) mass is 321 g/mol. The van der Waals surface area contributed by atoms with E-state index in [9.17, 15) is 4.79 Å². The minimum absolute atomic E-state index is 0.0438. The second-order valence-electron chi connectivity index (χ2n) is 7.49. The molecule has 1 fully saturated rings. The Balaban J connectivity index is 1.92. The number of carbonyl (C=O) groups is 1. The number of primary amides is 1. The highest BCUT2D eigenvalue weighted by Crippen LogP contribution is 2.56. The van der Waals surface area contributed by atoms with E-state index in [2.05, 4.69) is 46.7 Å². The molecule has 0 aliphatic carbocycles. The van der Waals surface area contributed by atoms with Crippen LogP contribution in [0.15, 0.2) is 30.3 Å². The van der Waals surface area contributed by atoms with Crippen molar-refractivity contribution in [3.63, 3.8) is 0 Å². The van der Waals surface area contributed by atoms with E-state index < -0.39 is 0 Å². The molecule has 0 spiro atoms. The lowest BCUT2D eigenvalue weighted by Crippen LogP contribution is -2.51. The van der Waals surface area contributed by atoms with Gasteiger partial charge in [-0.15, -0.1) is 0 Å². The Hall–Kier alpha value is -2.07. The molecule has 4 heterocycles. The fourth-order valence-electron chi connectivity index (χ4n) is 5.46. The van der Waals surface area contributed by atoms with Gasteiger partial charge in [0, 0.05) is 23.0 Å². The molecule has 3 aliphatic heterocycles. The molecule has 124 valence electrons.